The first-order valence-electron chi connectivity index (χ1n) is 9.62. The van der Waals surface area contributed by atoms with Gasteiger partial charge >= 0.3 is 0 Å². The fourth-order valence-corrected chi connectivity index (χ4v) is 4.51. The normalized spacial score (nSPS) is 16.6. The van der Waals surface area contributed by atoms with E-state index in [-0.39, 0.29) is 5.91 Å². The fraction of sp³-hybridized carbons (Fsp3) is 0.500. The number of hydrogen-bond donors (Lipinski definition) is 1. The summed E-state index contributed by atoms with van der Waals surface area (Å²) in [6.45, 7) is 1.80. The molecule has 1 fully saturated rings. The fourth-order valence-electron chi connectivity index (χ4n) is 3.65. The minimum absolute atomic E-state index is 0.104. The molecule has 1 amide bonds. The molecule has 2 N–H and O–H groups in total. The summed E-state index contributed by atoms with van der Waals surface area (Å²) in [4.78, 5) is 14.6. The average molecular weight is 415 g/mol. The molecular formula is C20H26N6O2S. The SMILES string of the molecule is COc1ccc(-c2nnc(S[C@H](C)C(=O)N(C)C3(C#N)CCCCC3)n2N)cc1. The highest BCUT2D eigenvalue weighted by atomic mass is 32.2. The largest absolute Gasteiger partial charge is 0.497 e. The van der Waals surface area contributed by atoms with Crippen molar-refractivity contribution in [2.45, 2.75) is 55.0 Å². The molecule has 0 saturated heterocycles. The number of methoxy groups -OCH3 is 1. The number of hydrogen-bond acceptors (Lipinski definition) is 7. The minimum Gasteiger partial charge on any atom is -0.497 e. The molecule has 1 aromatic heterocycles. The number of thioether (sulfide) groups is 1. The lowest BCUT2D eigenvalue weighted by Gasteiger charge is -2.40. The number of nitriles is 1. The predicted molar refractivity (Wildman–Crippen MR) is 112 cm³/mol. The number of ether oxygens (including phenoxy) is 1. The van der Waals surface area contributed by atoms with Crippen LogP contribution in [-0.4, -0.2) is 50.6 Å². The Labute approximate surface area is 175 Å². The molecule has 154 valence electrons. The molecular weight excluding hydrogens is 388 g/mol. The molecule has 0 radical (unpaired) electrons. The smallest absolute Gasteiger partial charge is 0.236 e. The summed E-state index contributed by atoms with van der Waals surface area (Å²) in [5.41, 5.74) is 0.0869. The Balaban J connectivity index is 1.73. The molecule has 0 bridgehead atoms. The topological polar surface area (TPSA) is 110 Å². The van der Waals surface area contributed by atoms with E-state index in [1.807, 2.05) is 24.3 Å². The van der Waals surface area contributed by atoms with Gasteiger partial charge in [0.25, 0.3) is 0 Å². The van der Waals surface area contributed by atoms with E-state index < -0.39 is 10.8 Å². The first-order valence-corrected chi connectivity index (χ1v) is 10.5. The number of nitrogens with two attached hydrogens (primary N) is 1. The molecule has 0 unspecified atom stereocenters. The van der Waals surface area contributed by atoms with Crippen LogP contribution in [0.25, 0.3) is 11.4 Å². The quantitative estimate of drug-likeness (QED) is 0.571. The van der Waals surface area contributed by atoms with Crippen molar-refractivity contribution in [1.82, 2.24) is 19.8 Å². The monoisotopic (exact) mass is 414 g/mol. The molecule has 1 aliphatic carbocycles. The maximum absolute atomic E-state index is 13.0. The number of rotatable bonds is 6. The van der Waals surface area contributed by atoms with Crippen molar-refractivity contribution in [2.24, 2.45) is 0 Å². The number of benzene rings is 1. The lowest BCUT2D eigenvalue weighted by Crippen LogP contribution is -2.52. The van der Waals surface area contributed by atoms with Gasteiger partial charge in [0, 0.05) is 12.6 Å². The zero-order valence-corrected chi connectivity index (χ0v) is 17.8. The van der Waals surface area contributed by atoms with Gasteiger partial charge in [-0.3, -0.25) is 4.79 Å². The van der Waals surface area contributed by atoms with Crippen LogP contribution in [0.2, 0.25) is 0 Å². The van der Waals surface area contributed by atoms with Crippen molar-refractivity contribution < 1.29 is 9.53 Å². The number of nitrogen functional groups attached to an aromatic ring is 1. The molecule has 1 aromatic carbocycles. The van der Waals surface area contributed by atoms with Crippen molar-refractivity contribution in [1.29, 1.82) is 5.26 Å². The molecule has 9 heteroatoms. The second-order valence-electron chi connectivity index (χ2n) is 7.27. The van der Waals surface area contributed by atoms with Gasteiger partial charge in [-0.15, -0.1) is 10.2 Å². The second kappa shape index (κ2) is 8.74. The summed E-state index contributed by atoms with van der Waals surface area (Å²) < 4.78 is 6.55. The van der Waals surface area contributed by atoms with Gasteiger partial charge in [-0.25, -0.2) is 4.68 Å². The lowest BCUT2D eigenvalue weighted by molar-refractivity contribution is -0.133. The summed E-state index contributed by atoms with van der Waals surface area (Å²) in [6.07, 6.45) is 4.49. The highest BCUT2D eigenvalue weighted by Gasteiger charge is 2.40. The van der Waals surface area contributed by atoms with E-state index >= 15 is 0 Å². The standard InChI is InChI=1S/C20H26N6O2S/c1-14(18(27)25(2)20(13-21)11-5-4-6-12-20)29-19-24-23-17(26(19)22)15-7-9-16(28-3)10-8-15/h7-10,14H,4-6,11-12,22H2,1-3H3/t14-/m1/s1. The molecule has 1 heterocycles. The zero-order chi connectivity index (χ0) is 21.0. The van der Waals surface area contributed by atoms with Gasteiger partial charge in [0.15, 0.2) is 5.82 Å². The van der Waals surface area contributed by atoms with E-state index in [2.05, 4.69) is 16.3 Å². The van der Waals surface area contributed by atoms with Crippen LogP contribution < -0.4 is 10.6 Å². The van der Waals surface area contributed by atoms with E-state index in [4.69, 9.17) is 10.6 Å². The highest BCUT2D eigenvalue weighted by Crippen LogP contribution is 2.34. The molecule has 0 spiro atoms. The molecule has 1 saturated carbocycles. The summed E-state index contributed by atoms with van der Waals surface area (Å²) >= 11 is 1.24. The summed E-state index contributed by atoms with van der Waals surface area (Å²) in [7, 11) is 3.33. The third-order valence-electron chi connectivity index (χ3n) is 5.50. The molecule has 8 nitrogen and oxygen atoms in total. The maximum atomic E-state index is 13.0. The zero-order valence-electron chi connectivity index (χ0n) is 17.0. The van der Waals surface area contributed by atoms with Crippen LogP contribution in [0.1, 0.15) is 39.0 Å². The van der Waals surface area contributed by atoms with Crippen LogP contribution in [0.3, 0.4) is 0 Å². The average Bonchev–Trinajstić information content (AvgIpc) is 3.13. The number of carbonyl (C=O) groups excluding carboxylic acids is 1. The Morgan fingerprint density at radius 3 is 2.55 bits per heavy atom. The third kappa shape index (κ3) is 4.17. The van der Waals surface area contributed by atoms with Crippen LogP contribution in [0, 0.1) is 11.3 Å². The Hall–Kier alpha value is -2.73. The van der Waals surface area contributed by atoms with Crippen molar-refractivity contribution in [3.05, 3.63) is 24.3 Å². The molecule has 0 aliphatic heterocycles. The molecule has 1 aliphatic rings. The van der Waals surface area contributed by atoms with E-state index in [1.54, 1.807) is 26.0 Å². The first kappa shape index (κ1) is 21.0. The van der Waals surface area contributed by atoms with Crippen LogP contribution >= 0.6 is 11.8 Å². The van der Waals surface area contributed by atoms with Gasteiger partial charge < -0.3 is 15.5 Å². The van der Waals surface area contributed by atoms with Crippen molar-refractivity contribution in [2.75, 3.05) is 20.0 Å². The Morgan fingerprint density at radius 2 is 1.97 bits per heavy atom. The van der Waals surface area contributed by atoms with E-state index in [9.17, 15) is 10.1 Å². The minimum atomic E-state index is -0.713. The van der Waals surface area contributed by atoms with Crippen molar-refractivity contribution in [3.63, 3.8) is 0 Å². The maximum Gasteiger partial charge on any atom is 0.236 e. The van der Waals surface area contributed by atoms with Crippen LogP contribution in [0.5, 0.6) is 5.75 Å². The Morgan fingerprint density at radius 1 is 1.31 bits per heavy atom. The van der Waals surface area contributed by atoms with Gasteiger partial charge in [0.1, 0.15) is 11.3 Å². The lowest BCUT2D eigenvalue weighted by atomic mass is 9.81. The highest BCUT2D eigenvalue weighted by molar-refractivity contribution is 8.00. The first-order chi connectivity index (χ1) is 13.9. The van der Waals surface area contributed by atoms with Crippen LogP contribution in [0.4, 0.5) is 0 Å². The molecule has 3 rings (SSSR count). The van der Waals surface area contributed by atoms with E-state index in [1.165, 1.54) is 16.4 Å². The van der Waals surface area contributed by atoms with Gasteiger partial charge in [0.05, 0.1) is 18.4 Å². The summed E-state index contributed by atoms with van der Waals surface area (Å²) in [5.74, 6) is 7.33. The summed E-state index contributed by atoms with van der Waals surface area (Å²) in [6, 6.07) is 9.74. The third-order valence-corrected chi connectivity index (χ3v) is 6.55. The number of amides is 1. The number of carbonyl (C=O) groups is 1. The van der Waals surface area contributed by atoms with Gasteiger partial charge in [-0.2, -0.15) is 5.26 Å². The molecule has 1 atom stereocenters. The second-order valence-corrected chi connectivity index (χ2v) is 8.57. The number of nitrogens with zero attached hydrogens (tertiary/aromatic N) is 5. The molecule has 2 aromatic rings. The van der Waals surface area contributed by atoms with Gasteiger partial charge in [0.2, 0.25) is 11.1 Å². The van der Waals surface area contributed by atoms with Crippen molar-refractivity contribution in [3.8, 4) is 23.2 Å². The van der Waals surface area contributed by atoms with Gasteiger partial charge in [-0.1, -0.05) is 31.0 Å². The van der Waals surface area contributed by atoms with Crippen molar-refractivity contribution >= 4 is 17.7 Å². The molecule has 29 heavy (non-hydrogen) atoms. The van der Waals surface area contributed by atoms with E-state index in [0.29, 0.717) is 11.0 Å². The Kier molecular flexibility index (Phi) is 6.33. The van der Waals surface area contributed by atoms with Crippen LogP contribution in [-0.2, 0) is 4.79 Å². The number of aromatic nitrogens is 3. The Bertz CT molecular complexity index is 899. The van der Waals surface area contributed by atoms with Gasteiger partial charge in [-0.05, 0) is 44.0 Å². The van der Waals surface area contributed by atoms with E-state index in [0.717, 1.165) is 43.4 Å². The summed E-state index contributed by atoms with van der Waals surface area (Å²) in [5, 5.41) is 18.1. The van der Waals surface area contributed by atoms with Crippen LogP contribution in [0.15, 0.2) is 29.4 Å². The predicted octanol–water partition coefficient (Wildman–Crippen LogP) is 2.83.